The molecule has 0 radical (unpaired) electrons. The lowest BCUT2D eigenvalue weighted by molar-refractivity contribution is -0.146. The smallest absolute Gasteiger partial charge is 0.308 e. The van der Waals surface area contributed by atoms with Gasteiger partial charge in [-0.25, -0.2) is 0 Å². The van der Waals surface area contributed by atoms with Crippen molar-refractivity contribution in [3.8, 4) is 0 Å². The fourth-order valence-corrected chi connectivity index (χ4v) is 4.12. The van der Waals surface area contributed by atoms with Gasteiger partial charge >= 0.3 is 5.97 Å². The maximum absolute atomic E-state index is 11.8. The third-order valence-corrected chi connectivity index (χ3v) is 5.75. The molecule has 2 aromatic carbocycles. The Balaban J connectivity index is 1.67. The van der Waals surface area contributed by atoms with Crippen LogP contribution in [-0.2, 0) is 9.53 Å². The number of rotatable bonds is 7. The van der Waals surface area contributed by atoms with Crippen molar-refractivity contribution < 1.29 is 9.53 Å². The molecule has 1 N–H and O–H groups in total. The molecule has 0 aromatic heterocycles. The van der Waals surface area contributed by atoms with Crippen LogP contribution in [0.1, 0.15) is 43.2 Å². The third-order valence-electron chi connectivity index (χ3n) is 5.75. The summed E-state index contributed by atoms with van der Waals surface area (Å²) in [7, 11) is 1.47. The second kappa shape index (κ2) is 11.4. The minimum Gasteiger partial charge on any atom is -0.469 e. The summed E-state index contributed by atoms with van der Waals surface area (Å²) in [5.74, 6) is 1.18. The van der Waals surface area contributed by atoms with Crippen LogP contribution >= 0.6 is 0 Å². The molecule has 160 valence electrons. The van der Waals surface area contributed by atoms with Crippen molar-refractivity contribution in [2.75, 3.05) is 33.3 Å². The molecule has 5 nitrogen and oxygen atoms in total. The zero-order valence-corrected chi connectivity index (χ0v) is 18.1. The number of esters is 1. The van der Waals surface area contributed by atoms with E-state index in [9.17, 15) is 4.79 Å². The fourth-order valence-electron chi connectivity index (χ4n) is 4.12. The standard InChI is InChI=1S/C25H33N3O2/c1-3-26-25(28-18-15-22(16-19-28)24(29)30-2)27-17-14-23(20-10-6-4-7-11-20)21-12-8-5-9-13-21/h4-13,22-23H,3,14-19H2,1-2H3,(H,26,27). The van der Waals surface area contributed by atoms with Crippen molar-refractivity contribution in [2.24, 2.45) is 10.9 Å². The van der Waals surface area contributed by atoms with Crippen LogP contribution < -0.4 is 5.32 Å². The van der Waals surface area contributed by atoms with E-state index in [1.54, 1.807) is 0 Å². The van der Waals surface area contributed by atoms with Crippen molar-refractivity contribution in [2.45, 2.75) is 32.1 Å². The Bertz CT molecular complexity index is 760. The number of benzene rings is 2. The number of ether oxygens (including phenoxy) is 1. The number of methoxy groups -OCH3 is 1. The molecular formula is C25H33N3O2. The highest BCUT2D eigenvalue weighted by molar-refractivity contribution is 5.80. The van der Waals surface area contributed by atoms with E-state index < -0.39 is 0 Å². The highest BCUT2D eigenvalue weighted by Crippen LogP contribution is 2.28. The molecule has 0 saturated carbocycles. The van der Waals surface area contributed by atoms with E-state index in [1.807, 2.05) is 0 Å². The molecule has 1 saturated heterocycles. The van der Waals surface area contributed by atoms with Gasteiger partial charge in [0.15, 0.2) is 5.96 Å². The Labute approximate surface area is 180 Å². The first-order chi connectivity index (χ1) is 14.7. The lowest BCUT2D eigenvalue weighted by atomic mass is 9.89. The first-order valence-corrected chi connectivity index (χ1v) is 10.9. The predicted octanol–water partition coefficient (Wildman–Crippen LogP) is 4.06. The monoisotopic (exact) mass is 407 g/mol. The molecule has 30 heavy (non-hydrogen) atoms. The van der Waals surface area contributed by atoms with E-state index in [2.05, 4.69) is 77.8 Å². The molecular weight excluding hydrogens is 374 g/mol. The van der Waals surface area contributed by atoms with Crippen LogP contribution in [0.15, 0.2) is 65.7 Å². The minimum atomic E-state index is -0.0925. The van der Waals surface area contributed by atoms with E-state index >= 15 is 0 Å². The van der Waals surface area contributed by atoms with Gasteiger partial charge in [0.2, 0.25) is 0 Å². The van der Waals surface area contributed by atoms with Gasteiger partial charge in [-0.3, -0.25) is 9.79 Å². The van der Waals surface area contributed by atoms with Crippen LogP contribution in [0.4, 0.5) is 0 Å². The Morgan fingerprint density at radius 1 is 1.07 bits per heavy atom. The first kappa shape index (κ1) is 21.9. The number of carbonyl (C=O) groups is 1. The quantitative estimate of drug-likeness (QED) is 0.427. The van der Waals surface area contributed by atoms with E-state index in [0.717, 1.165) is 51.4 Å². The second-order valence-electron chi connectivity index (χ2n) is 7.68. The molecule has 5 heteroatoms. The van der Waals surface area contributed by atoms with Crippen LogP contribution in [-0.4, -0.2) is 50.1 Å². The SMILES string of the molecule is CCNC(=NCCC(c1ccccc1)c1ccccc1)N1CCC(C(=O)OC)CC1. The summed E-state index contributed by atoms with van der Waals surface area (Å²) >= 11 is 0. The number of hydrogen-bond acceptors (Lipinski definition) is 3. The number of likely N-dealkylation sites (tertiary alicyclic amines) is 1. The molecule has 3 rings (SSSR count). The molecule has 0 atom stereocenters. The molecule has 0 spiro atoms. The molecule has 0 unspecified atom stereocenters. The second-order valence-corrected chi connectivity index (χ2v) is 7.68. The lowest BCUT2D eigenvalue weighted by Gasteiger charge is -2.33. The van der Waals surface area contributed by atoms with Gasteiger partial charge in [-0.15, -0.1) is 0 Å². The van der Waals surface area contributed by atoms with Crippen molar-refractivity contribution >= 4 is 11.9 Å². The zero-order valence-electron chi connectivity index (χ0n) is 18.1. The molecule has 1 heterocycles. The summed E-state index contributed by atoms with van der Waals surface area (Å²) in [6.07, 6.45) is 2.57. The minimum absolute atomic E-state index is 0.00895. The van der Waals surface area contributed by atoms with Crippen molar-refractivity contribution in [3.63, 3.8) is 0 Å². The van der Waals surface area contributed by atoms with E-state index in [-0.39, 0.29) is 11.9 Å². The average molecular weight is 408 g/mol. The predicted molar refractivity (Wildman–Crippen MR) is 122 cm³/mol. The Morgan fingerprint density at radius 2 is 1.63 bits per heavy atom. The maximum atomic E-state index is 11.8. The van der Waals surface area contributed by atoms with Gasteiger partial charge in [0.1, 0.15) is 0 Å². The molecule has 1 aliphatic rings. The van der Waals surface area contributed by atoms with E-state index in [1.165, 1.54) is 18.2 Å². The number of carbonyl (C=O) groups excluding carboxylic acids is 1. The fraction of sp³-hybridized carbons (Fsp3) is 0.440. The van der Waals surface area contributed by atoms with Gasteiger partial charge in [-0.2, -0.15) is 0 Å². The number of nitrogens with zero attached hydrogens (tertiary/aromatic N) is 2. The van der Waals surface area contributed by atoms with Gasteiger partial charge in [0, 0.05) is 32.1 Å². The average Bonchev–Trinajstić information content (AvgIpc) is 2.82. The van der Waals surface area contributed by atoms with Crippen LogP contribution in [0.25, 0.3) is 0 Å². The van der Waals surface area contributed by atoms with Crippen molar-refractivity contribution in [1.82, 2.24) is 10.2 Å². The number of aliphatic imine (C=N–C) groups is 1. The van der Waals surface area contributed by atoms with Crippen LogP contribution in [0, 0.1) is 5.92 Å². The summed E-state index contributed by atoms with van der Waals surface area (Å²) in [6, 6.07) is 21.3. The van der Waals surface area contributed by atoms with Gasteiger partial charge in [-0.1, -0.05) is 60.7 Å². The third kappa shape index (κ3) is 5.85. The van der Waals surface area contributed by atoms with Gasteiger partial charge in [-0.05, 0) is 37.3 Å². The van der Waals surface area contributed by atoms with Crippen LogP contribution in [0.3, 0.4) is 0 Å². The number of hydrogen-bond donors (Lipinski definition) is 1. The molecule has 1 aliphatic heterocycles. The Hall–Kier alpha value is -2.82. The number of guanidine groups is 1. The van der Waals surface area contributed by atoms with Gasteiger partial charge in [0.25, 0.3) is 0 Å². The highest BCUT2D eigenvalue weighted by Gasteiger charge is 2.27. The highest BCUT2D eigenvalue weighted by atomic mass is 16.5. The van der Waals surface area contributed by atoms with E-state index in [4.69, 9.17) is 9.73 Å². The van der Waals surface area contributed by atoms with Gasteiger partial charge in [0.05, 0.1) is 13.0 Å². The summed E-state index contributed by atoms with van der Waals surface area (Å²) in [5, 5.41) is 3.42. The number of piperidine rings is 1. The molecule has 2 aromatic rings. The molecule has 0 aliphatic carbocycles. The molecule has 0 bridgehead atoms. The Kier molecular flexibility index (Phi) is 8.30. The lowest BCUT2D eigenvalue weighted by Crippen LogP contribution is -2.46. The zero-order chi connectivity index (χ0) is 21.2. The number of nitrogens with one attached hydrogen (secondary N) is 1. The van der Waals surface area contributed by atoms with Crippen molar-refractivity contribution in [1.29, 1.82) is 0 Å². The molecule has 1 fully saturated rings. The van der Waals surface area contributed by atoms with Crippen LogP contribution in [0.5, 0.6) is 0 Å². The normalized spacial score (nSPS) is 15.3. The van der Waals surface area contributed by atoms with Crippen molar-refractivity contribution in [3.05, 3.63) is 71.8 Å². The molecule has 0 amide bonds. The summed E-state index contributed by atoms with van der Waals surface area (Å²) in [6.45, 7) is 5.32. The Morgan fingerprint density at radius 3 is 2.13 bits per heavy atom. The first-order valence-electron chi connectivity index (χ1n) is 10.9. The van der Waals surface area contributed by atoms with Crippen LogP contribution in [0.2, 0.25) is 0 Å². The largest absolute Gasteiger partial charge is 0.469 e. The van der Waals surface area contributed by atoms with Gasteiger partial charge < -0.3 is 15.0 Å². The maximum Gasteiger partial charge on any atom is 0.308 e. The summed E-state index contributed by atoms with van der Waals surface area (Å²) in [4.78, 5) is 19.0. The van der Waals surface area contributed by atoms with E-state index in [0.29, 0.717) is 5.92 Å². The summed E-state index contributed by atoms with van der Waals surface area (Å²) < 4.78 is 4.90. The topological polar surface area (TPSA) is 53.9 Å². The summed E-state index contributed by atoms with van der Waals surface area (Å²) in [5.41, 5.74) is 2.64.